The summed E-state index contributed by atoms with van der Waals surface area (Å²) >= 11 is 16.4. The number of hydrazine groups is 1. The van der Waals surface area contributed by atoms with Crippen molar-refractivity contribution in [2.24, 2.45) is 11.8 Å². The van der Waals surface area contributed by atoms with E-state index in [1.165, 1.54) is 12.1 Å². The molecule has 1 saturated carbocycles. The normalized spacial score (nSPS) is 24.5. The highest BCUT2D eigenvalue weighted by atomic mass is 79.9. The zero-order valence-electron chi connectivity index (χ0n) is 17.1. The average Bonchev–Trinajstić information content (AvgIpc) is 3.02. The Labute approximate surface area is 221 Å². The van der Waals surface area contributed by atoms with Gasteiger partial charge in [0.05, 0.1) is 11.8 Å². The van der Waals surface area contributed by atoms with E-state index in [0.717, 1.165) is 14.5 Å². The Morgan fingerprint density at radius 3 is 1.88 bits per heavy atom. The first-order valence-corrected chi connectivity index (χ1v) is 13.2. The summed E-state index contributed by atoms with van der Waals surface area (Å²) in [6.45, 7) is -0.449. The zero-order chi connectivity index (χ0) is 23.9. The van der Waals surface area contributed by atoms with E-state index in [1.54, 1.807) is 36.4 Å². The lowest BCUT2D eigenvalue weighted by Crippen LogP contribution is -2.52. The third-order valence-electron chi connectivity index (χ3n) is 5.91. The molecule has 0 radical (unpaired) electrons. The van der Waals surface area contributed by atoms with Gasteiger partial charge in [0.25, 0.3) is 17.7 Å². The van der Waals surface area contributed by atoms with Gasteiger partial charge < -0.3 is 0 Å². The largest absolute Gasteiger partial charge is 0.292 e. The van der Waals surface area contributed by atoms with Gasteiger partial charge in [-0.2, -0.15) is 5.01 Å². The van der Waals surface area contributed by atoms with Crippen molar-refractivity contribution in [2.45, 2.75) is 22.5 Å². The molecule has 2 aromatic carbocycles. The number of halogens is 4. The van der Waals surface area contributed by atoms with Crippen LogP contribution in [0.2, 0.25) is 5.02 Å². The lowest BCUT2D eigenvalue weighted by atomic mass is 9.81. The number of carbonyl (C=O) groups is 4. The minimum absolute atomic E-state index is 0.0280. The van der Waals surface area contributed by atoms with E-state index in [2.05, 4.69) is 47.8 Å². The van der Waals surface area contributed by atoms with Crippen molar-refractivity contribution in [3.05, 3.63) is 69.2 Å². The standard InChI is InChI=1S/C23H18Br3ClN2O4/c24-14-5-1-12(2-6-14)20(30)11-28(21(31)13-3-7-15(27)8-4-13)29-22(32)16-9-18(25)19(26)10-17(16)23(29)33/h1-8,16-19H,9-11H2/t16-,17+,18+,19-. The molecule has 1 aliphatic heterocycles. The number of nitrogens with zero attached hydrogens (tertiary/aromatic N) is 2. The van der Waals surface area contributed by atoms with E-state index in [-0.39, 0.29) is 15.2 Å². The number of Topliss-reactive ketones (excluding diaryl/α,β-unsaturated/α-hetero) is 1. The second kappa shape index (κ2) is 9.98. The molecule has 1 aliphatic carbocycles. The fourth-order valence-corrected chi connectivity index (χ4v) is 5.78. The maximum atomic E-state index is 13.4. The van der Waals surface area contributed by atoms with Crippen LogP contribution in [0.1, 0.15) is 33.6 Å². The topological polar surface area (TPSA) is 74.8 Å². The second-order valence-electron chi connectivity index (χ2n) is 8.00. The number of fused-ring (bicyclic) bond motifs is 1. The van der Waals surface area contributed by atoms with Crippen LogP contribution in [0.3, 0.4) is 0 Å². The molecule has 2 aliphatic rings. The molecule has 0 aromatic heterocycles. The molecule has 10 heteroatoms. The van der Waals surface area contributed by atoms with Gasteiger partial charge in [0.15, 0.2) is 5.78 Å². The third kappa shape index (κ3) is 4.97. The fourth-order valence-electron chi connectivity index (χ4n) is 4.15. The molecular formula is C23H18Br3ClN2O4. The van der Waals surface area contributed by atoms with Crippen molar-refractivity contribution >= 4 is 82.9 Å². The van der Waals surface area contributed by atoms with Crippen molar-refractivity contribution in [3.63, 3.8) is 0 Å². The van der Waals surface area contributed by atoms with Crippen molar-refractivity contribution in [1.29, 1.82) is 0 Å². The molecular weight excluding hydrogens is 643 g/mol. The van der Waals surface area contributed by atoms with Crippen molar-refractivity contribution in [3.8, 4) is 0 Å². The van der Waals surface area contributed by atoms with Gasteiger partial charge in [-0.3, -0.25) is 19.2 Å². The molecule has 172 valence electrons. The summed E-state index contributed by atoms with van der Waals surface area (Å²) in [6.07, 6.45) is 0.927. The van der Waals surface area contributed by atoms with Gasteiger partial charge in [-0.1, -0.05) is 71.5 Å². The van der Waals surface area contributed by atoms with Crippen LogP contribution in [0.25, 0.3) is 0 Å². The highest BCUT2D eigenvalue weighted by molar-refractivity contribution is 9.12. The number of imide groups is 1. The summed E-state index contributed by atoms with van der Waals surface area (Å²) in [5, 5.41) is 2.30. The minimum Gasteiger partial charge on any atom is -0.292 e. The highest BCUT2D eigenvalue weighted by Crippen LogP contribution is 2.43. The number of amides is 3. The van der Waals surface area contributed by atoms with Gasteiger partial charge >= 0.3 is 0 Å². The smallest absolute Gasteiger partial charge is 0.273 e. The van der Waals surface area contributed by atoms with Crippen molar-refractivity contribution in [2.75, 3.05) is 6.54 Å². The number of carbonyl (C=O) groups excluding carboxylic acids is 4. The molecule has 1 heterocycles. The van der Waals surface area contributed by atoms with E-state index in [9.17, 15) is 19.2 Å². The SMILES string of the molecule is O=C(CN(C(=O)c1ccc(Cl)cc1)N1C(=O)[C@H]2C[C@@H](Br)[C@@H](Br)C[C@H]2C1=O)c1ccc(Br)cc1. The predicted octanol–water partition coefficient (Wildman–Crippen LogP) is 5.26. The average molecular weight is 662 g/mol. The Kier molecular flexibility index (Phi) is 7.43. The molecule has 0 bridgehead atoms. The third-order valence-corrected chi connectivity index (χ3v) is 9.43. The zero-order valence-corrected chi connectivity index (χ0v) is 22.6. The monoisotopic (exact) mass is 658 g/mol. The van der Waals surface area contributed by atoms with Gasteiger partial charge in [-0.15, -0.1) is 0 Å². The second-order valence-corrected chi connectivity index (χ2v) is 11.7. The van der Waals surface area contributed by atoms with Crippen LogP contribution >= 0.6 is 59.4 Å². The lowest BCUT2D eigenvalue weighted by molar-refractivity contribution is -0.154. The highest BCUT2D eigenvalue weighted by Gasteiger charge is 2.54. The summed E-state index contributed by atoms with van der Waals surface area (Å²) in [6, 6.07) is 12.8. The maximum absolute atomic E-state index is 13.4. The first-order valence-electron chi connectivity index (χ1n) is 10.2. The number of hydrogen-bond acceptors (Lipinski definition) is 4. The van der Waals surface area contributed by atoms with E-state index < -0.39 is 41.9 Å². The Morgan fingerprint density at radius 1 is 0.879 bits per heavy atom. The van der Waals surface area contributed by atoms with E-state index in [4.69, 9.17) is 11.6 Å². The van der Waals surface area contributed by atoms with Crippen LogP contribution in [-0.2, 0) is 9.59 Å². The molecule has 1 saturated heterocycles. The Hall–Kier alpha value is -1.55. The molecule has 3 amide bonds. The quantitative estimate of drug-likeness (QED) is 0.249. The summed E-state index contributed by atoms with van der Waals surface area (Å²) in [5.74, 6) is -3.02. The number of ketones is 1. The molecule has 4 rings (SSSR count). The van der Waals surface area contributed by atoms with Gasteiger partial charge in [0.2, 0.25) is 0 Å². The summed E-state index contributed by atoms with van der Waals surface area (Å²) in [5.41, 5.74) is 0.583. The first kappa shape index (κ1) is 24.6. The van der Waals surface area contributed by atoms with Gasteiger partial charge in [-0.25, -0.2) is 5.01 Å². The van der Waals surface area contributed by atoms with Crippen LogP contribution in [0.5, 0.6) is 0 Å². The number of benzene rings is 2. The van der Waals surface area contributed by atoms with Gasteiger partial charge in [-0.05, 0) is 49.2 Å². The Bertz CT molecular complexity index is 1080. The van der Waals surface area contributed by atoms with Crippen LogP contribution in [-0.4, -0.2) is 49.7 Å². The molecule has 2 aromatic rings. The number of alkyl halides is 2. The molecule has 0 unspecified atom stereocenters. The molecule has 6 nitrogen and oxygen atoms in total. The van der Waals surface area contributed by atoms with E-state index >= 15 is 0 Å². The van der Waals surface area contributed by atoms with Crippen LogP contribution in [0.15, 0.2) is 53.0 Å². The predicted molar refractivity (Wildman–Crippen MR) is 134 cm³/mol. The van der Waals surface area contributed by atoms with Gasteiger partial charge in [0, 0.05) is 30.3 Å². The summed E-state index contributed by atoms with van der Waals surface area (Å²) in [4.78, 5) is 53.2. The lowest BCUT2D eigenvalue weighted by Gasteiger charge is -2.30. The molecule has 0 spiro atoms. The Balaban J connectivity index is 1.69. The van der Waals surface area contributed by atoms with E-state index in [1.807, 2.05) is 0 Å². The van der Waals surface area contributed by atoms with Gasteiger partial charge in [0.1, 0.15) is 6.54 Å². The van der Waals surface area contributed by atoms with Crippen LogP contribution < -0.4 is 0 Å². The molecule has 33 heavy (non-hydrogen) atoms. The maximum Gasteiger partial charge on any atom is 0.273 e. The van der Waals surface area contributed by atoms with Crippen molar-refractivity contribution in [1.82, 2.24) is 10.0 Å². The molecule has 2 fully saturated rings. The fraction of sp³-hybridized carbons (Fsp3) is 0.304. The van der Waals surface area contributed by atoms with Crippen LogP contribution in [0, 0.1) is 11.8 Å². The molecule has 4 atom stereocenters. The van der Waals surface area contributed by atoms with Crippen molar-refractivity contribution < 1.29 is 19.2 Å². The summed E-state index contributed by atoms with van der Waals surface area (Å²) < 4.78 is 0.802. The van der Waals surface area contributed by atoms with Crippen LogP contribution in [0.4, 0.5) is 0 Å². The Morgan fingerprint density at radius 2 is 1.36 bits per heavy atom. The van der Waals surface area contributed by atoms with E-state index in [0.29, 0.717) is 23.4 Å². The number of hydrogen-bond donors (Lipinski definition) is 0. The summed E-state index contributed by atoms with van der Waals surface area (Å²) in [7, 11) is 0. The first-order chi connectivity index (χ1) is 15.7. The minimum atomic E-state index is -0.622. The number of rotatable bonds is 5. The molecule has 0 N–H and O–H groups in total.